The Kier molecular flexibility index (Phi) is 91.8. The molecule has 0 radical (unpaired) electrons. The summed E-state index contributed by atoms with van der Waals surface area (Å²) in [5.74, 6) is -0.922. The fourth-order valence-corrected chi connectivity index (χ4v) is 8.52. The number of pyridine rings is 1. The van der Waals surface area contributed by atoms with Crippen LogP contribution in [-0.4, -0.2) is 264 Å². The molecule has 2 aromatic rings. The number of carbonyl (C=O) groups excluding carboxylic acids is 6. The fourth-order valence-electron chi connectivity index (χ4n) is 8.52. The smallest absolute Gasteiger partial charge is 0.338 e. The molecule has 118 heavy (non-hydrogen) atoms. The molecule has 5 heterocycles. The van der Waals surface area contributed by atoms with Gasteiger partial charge in [-0.15, -0.1) is 0 Å². The van der Waals surface area contributed by atoms with E-state index in [9.17, 15) is 74.7 Å². The van der Waals surface area contributed by atoms with Crippen molar-refractivity contribution in [3.05, 3.63) is 66.4 Å². The van der Waals surface area contributed by atoms with E-state index in [4.69, 9.17) is 43.2 Å². The van der Waals surface area contributed by atoms with Crippen molar-refractivity contribution in [2.75, 3.05) is 74.4 Å². The number of carbonyl (C=O) groups is 6. The van der Waals surface area contributed by atoms with Crippen LogP contribution in [0, 0.1) is 0 Å². The van der Waals surface area contributed by atoms with Gasteiger partial charge in [-0.3, -0.25) is 29.0 Å². The van der Waals surface area contributed by atoms with Gasteiger partial charge in [-0.2, -0.15) is 0 Å². The topological polar surface area (TPSA) is 475 Å². The molecule has 1 unspecified atom stereocenters. The summed E-state index contributed by atoms with van der Waals surface area (Å²) >= 11 is 0. The van der Waals surface area contributed by atoms with Gasteiger partial charge in [-0.05, 0) is 82.3 Å². The van der Waals surface area contributed by atoms with Gasteiger partial charge in [0, 0.05) is 72.7 Å². The maximum absolute atomic E-state index is 10.9. The van der Waals surface area contributed by atoms with Crippen LogP contribution < -0.4 is 27.0 Å². The predicted octanol–water partition coefficient (Wildman–Crippen LogP) is 10.1. The molecule has 0 saturated carbocycles. The van der Waals surface area contributed by atoms with Gasteiger partial charge in [0.25, 0.3) is 0 Å². The van der Waals surface area contributed by atoms with Crippen molar-refractivity contribution in [3.63, 3.8) is 0 Å². The number of amides is 4. The summed E-state index contributed by atoms with van der Waals surface area (Å²) in [6.45, 7) is 40.6. The molecule has 31 nitrogen and oxygen atoms in total. The number of primary amides is 1. The summed E-state index contributed by atoms with van der Waals surface area (Å²) in [5, 5.41) is 112. The number of aliphatic hydroxyl groups is 9. The van der Waals surface area contributed by atoms with Gasteiger partial charge in [0.05, 0.1) is 38.0 Å². The summed E-state index contributed by atoms with van der Waals surface area (Å²) in [6.07, 6.45) is 10.8. The maximum atomic E-state index is 10.9. The third-order valence-corrected chi connectivity index (χ3v) is 17.3. The standard InChI is InChI=1S/C20H36O16.C11H11N.C7H15NO2.C7H12O3.C6H6O.C5H13N.C4H8N2O2.6C4H10.C3H7NO/c1-3-6-9(21)12(24)15(27)18(33-6)31-4-7-10(22)13(25)16(28)19(34-7)32-5-8-11(23)14(26)17(30-2)20(35-8)36-29;1-2-9-7-8-12-11-6-4-3-5-10(9)11;1-3-7(9)8-5-4-6-10-2;1-2-7(9)4-3-5-10-6(7)8;7-6-4-2-1-3-5-6;1-3-4-5-6-2;1-3(7)6-2-4(5)8;6*1-3-4-2;1-3(5)4-2/h6-29H,3-5H2,1-2H3;3-8H,2H2,1H3;3-6H2,1-2H3,(H,8,9);9H,2-5H2,1H3;1-4H,5H2;6H,3-5H2,1-2H3;2H2,1H3,(H2,5,8)(H,6,7);6*3-4H2,1-2H3;1-2H3,(H,4,5)/t6-,7?,8-,9-,10-,11-,12+,13+,14+,15-,16-,17-,18+,19+,20-;;;7-;;;;;;;;;;/m1..0........../s1. The fraction of sp³-hybridized carbons (Fsp3) is 0.782. The second-order valence-corrected chi connectivity index (χ2v) is 27.5. The number of nitrogens with two attached hydrogens (primary N) is 1. The number of fused-ring (bicyclic) bond motifs is 1. The number of hydrogen-bond donors (Lipinski definition) is 15. The number of methoxy groups -OCH3 is 2. The highest BCUT2D eigenvalue weighted by Crippen LogP contribution is 2.30. The zero-order chi connectivity index (χ0) is 91.8. The van der Waals surface area contributed by atoms with E-state index < -0.39 is 123 Å². The Morgan fingerprint density at radius 2 is 1.04 bits per heavy atom. The number of cyclic esters (lactones) is 1. The van der Waals surface area contributed by atoms with Gasteiger partial charge in [-0.1, -0.05) is 238 Å². The number of hydrogen-bond acceptors (Lipinski definition) is 27. The number of para-hydroxylation sites is 1. The Morgan fingerprint density at radius 1 is 0.576 bits per heavy atom. The maximum Gasteiger partial charge on any atom is 0.338 e. The quantitative estimate of drug-likeness (QED) is 0.0171. The number of esters is 1. The molecule has 1 aromatic carbocycles. The van der Waals surface area contributed by atoms with E-state index in [0.717, 1.165) is 37.9 Å². The van der Waals surface area contributed by atoms with Gasteiger partial charge in [-0.25, -0.2) is 14.9 Å². The Balaban J connectivity index is -0.000000250. The highest BCUT2D eigenvalue weighted by molar-refractivity contribution is 5.92. The molecule has 16 atom stereocenters. The lowest BCUT2D eigenvalue weighted by Gasteiger charge is -2.44. The van der Waals surface area contributed by atoms with Gasteiger partial charge in [0.15, 0.2) is 24.0 Å². The molecule has 16 N–H and O–H groups in total. The van der Waals surface area contributed by atoms with Crippen LogP contribution in [0.3, 0.4) is 0 Å². The Labute approximate surface area is 709 Å². The van der Waals surface area contributed by atoms with Crippen LogP contribution in [0.15, 0.2) is 60.8 Å². The molecule has 7 rings (SSSR count). The minimum Gasteiger partial charge on any atom is -0.464 e. The molecule has 696 valence electrons. The number of nitrogens with zero attached hydrogens (tertiary/aromatic N) is 1. The number of allylic oxidation sites excluding steroid dienone is 4. The average molecular weight is 1700 g/mol. The van der Waals surface area contributed by atoms with E-state index in [1.165, 1.54) is 122 Å². The van der Waals surface area contributed by atoms with E-state index in [1.807, 2.05) is 38.4 Å². The lowest BCUT2D eigenvalue weighted by molar-refractivity contribution is -0.410. The van der Waals surface area contributed by atoms with E-state index in [1.54, 1.807) is 40.2 Å². The van der Waals surface area contributed by atoms with E-state index in [-0.39, 0.29) is 30.0 Å². The summed E-state index contributed by atoms with van der Waals surface area (Å²) in [6, 6.07) is 10.3. The molecule has 0 bridgehead atoms. The zero-order valence-corrected chi connectivity index (χ0v) is 76.6. The van der Waals surface area contributed by atoms with Crippen molar-refractivity contribution in [1.29, 1.82) is 0 Å². The first-order chi connectivity index (χ1) is 56.1. The number of ketones is 1. The normalized spacial score (nSPS) is 23.9. The molecule has 4 amide bonds. The van der Waals surface area contributed by atoms with Gasteiger partial charge in [0.1, 0.15) is 67.1 Å². The summed E-state index contributed by atoms with van der Waals surface area (Å²) in [7, 11) is 6.44. The van der Waals surface area contributed by atoms with Crippen LogP contribution in [0.2, 0.25) is 0 Å². The number of aliphatic hydroxyl groups excluding tert-OH is 8. The number of aryl methyl sites for hydroxylation is 1. The summed E-state index contributed by atoms with van der Waals surface area (Å²) in [5.41, 5.74) is 5.97. The zero-order valence-electron chi connectivity index (χ0n) is 76.6. The largest absolute Gasteiger partial charge is 0.464 e. The molecule has 4 aliphatic heterocycles. The lowest BCUT2D eigenvalue weighted by Crippen LogP contribution is -2.62. The molecule has 4 fully saturated rings. The summed E-state index contributed by atoms with van der Waals surface area (Å²) in [4.78, 5) is 69.9. The highest BCUT2D eigenvalue weighted by Gasteiger charge is 2.50. The van der Waals surface area contributed by atoms with E-state index in [2.05, 4.69) is 158 Å². The average Bonchev–Trinajstić information content (AvgIpc) is 0.794. The van der Waals surface area contributed by atoms with Crippen LogP contribution in [0.4, 0.5) is 0 Å². The number of unbranched alkanes of at least 4 members (excludes halogenated alkanes) is 7. The summed E-state index contributed by atoms with van der Waals surface area (Å²) < 4.78 is 41.5. The number of benzene rings is 1. The lowest BCUT2D eigenvalue weighted by atomic mass is 9.93. The van der Waals surface area contributed by atoms with Crippen molar-refractivity contribution in [3.8, 4) is 0 Å². The number of ether oxygens (including phenoxy) is 8. The third kappa shape index (κ3) is 65.1. The minimum absolute atomic E-state index is 0.00463. The number of aromatic nitrogens is 1. The van der Waals surface area contributed by atoms with Gasteiger partial charge >= 0.3 is 5.97 Å². The van der Waals surface area contributed by atoms with Crippen LogP contribution >= 0.6 is 0 Å². The van der Waals surface area contributed by atoms with Crippen LogP contribution in [0.25, 0.3) is 10.9 Å². The van der Waals surface area contributed by atoms with E-state index in [0.29, 0.717) is 45.3 Å². The third-order valence-electron chi connectivity index (χ3n) is 17.3. The molecular formula is C87H168N6O25. The van der Waals surface area contributed by atoms with Crippen LogP contribution in [0.1, 0.15) is 272 Å². The van der Waals surface area contributed by atoms with E-state index >= 15 is 0 Å². The first-order valence-electron chi connectivity index (χ1n) is 42.8. The highest BCUT2D eigenvalue weighted by atomic mass is 17.1. The second-order valence-electron chi connectivity index (χ2n) is 27.5. The first kappa shape index (κ1) is 126. The Morgan fingerprint density at radius 3 is 1.37 bits per heavy atom. The van der Waals surface area contributed by atoms with Gasteiger partial charge < -0.3 is 111 Å². The second kappa shape index (κ2) is 86.3. The molecule has 5 aliphatic rings. The molecule has 31 heteroatoms. The van der Waals surface area contributed by atoms with Crippen molar-refractivity contribution in [2.45, 2.75) is 371 Å². The molecule has 0 spiro atoms. The van der Waals surface area contributed by atoms with Crippen molar-refractivity contribution >= 4 is 46.3 Å². The van der Waals surface area contributed by atoms with Crippen molar-refractivity contribution < 1.29 is 123 Å². The SMILES string of the molecule is CC(=O)NCC(N)=O.CCC(=O)NCCCOC.CCCC.CCCC.CCCC.CCCC.CCCC.CCCC.CCCCNC.CC[C@H]1O[C@H](OCC2O[C@H](OC[C@H]3O[C@H](OO)[C@H](OC)[C@@H](O)[C@@H]3O)[C@H](O)[C@@H](O)[C@@H]2O)[C@H](O)[C@@H](O)[C@@H]1O.CC[C@]1(O)CCCOC1=O.CCc1ccnc2ccccc12.CNC(C)=O.O=C1C=CC=CC1. The molecule has 4 saturated heterocycles. The Hall–Kier alpha value is -5.63. The van der Waals surface area contributed by atoms with Crippen LogP contribution in [-0.2, 0) is 78.0 Å². The van der Waals surface area contributed by atoms with Crippen molar-refractivity contribution in [2.24, 2.45) is 5.73 Å². The monoisotopic (exact) mass is 1700 g/mol. The van der Waals surface area contributed by atoms with Crippen molar-refractivity contribution in [1.82, 2.24) is 26.3 Å². The predicted molar refractivity (Wildman–Crippen MR) is 465 cm³/mol. The molecular weight excluding hydrogens is 1530 g/mol. The first-order valence-corrected chi connectivity index (χ1v) is 42.8. The molecule has 1 aliphatic carbocycles. The minimum atomic E-state index is -1.75. The number of rotatable bonds is 27. The Bertz CT molecular complexity index is 2640. The molecule has 1 aromatic heterocycles. The van der Waals surface area contributed by atoms with Crippen LogP contribution in [0.5, 0.6) is 0 Å². The van der Waals surface area contributed by atoms with Gasteiger partial charge in [0.2, 0.25) is 29.9 Å². The number of nitrogens with one attached hydrogen (secondary N) is 4.